The van der Waals surface area contributed by atoms with Crippen LogP contribution < -0.4 is 0 Å². The van der Waals surface area contributed by atoms with Crippen LogP contribution >= 0.6 is 0 Å². The normalized spacial score (nSPS) is 26.6. The van der Waals surface area contributed by atoms with E-state index in [4.69, 9.17) is 4.74 Å². The van der Waals surface area contributed by atoms with Crippen molar-refractivity contribution in [3.05, 3.63) is 0 Å². The number of fused-ring (bicyclic) bond motifs is 1. The summed E-state index contributed by atoms with van der Waals surface area (Å²) in [5.74, 6) is -0.0723. The molecule has 0 bridgehead atoms. The van der Waals surface area contributed by atoms with Gasteiger partial charge in [0.2, 0.25) is 5.91 Å². The van der Waals surface area contributed by atoms with Gasteiger partial charge < -0.3 is 14.5 Å². The van der Waals surface area contributed by atoms with Gasteiger partial charge in [-0.2, -0.15) is 0 Å². The molecule has 8 heteroatoms. The summed E-state index contributed by atoms with van der Waals surface area (Å²) in [6, 6.07) is -0.629. The lowest BCUT2D eigenvalue weighted by atomic mass is 10.2. The minimum Gasteiger partial charge on any atom is -0.378 e. The van der Waals surface area contributed by atoms with Gasteiger partial charge in [-0.25, -0.2) is 4.79 Å². The quantitative estimate of drug-likeness (QED) is 0.613. The van der Waals surface area contributed by atoms with E-state index in [9.17, 15) is 14.4 Å². The Bertz CT molecular complexity index is 477. The zero-order valence-electron chi connectivity index (χ0n) is 12.9. The second-order valence-corrected chi connectivity index (χ2v) is 5.80. The van der Waals surface area contributed by atoms with Crippen LogP contribution in [0.4, 0.5) is 4.79 Å². The van der Waals surface area contributed by atoms with Crippen molar-refractivity contribution in [3.63, 3.8) is 0 Å². The zero-order chi connectivity index (χ0) is 15.7. The number of hydrogen-bond donors (Lipinski definition) is 0. The fourth-order valence-corrected chi connectivity index (χ4v) is 3.25. The molecule has 0 spiro atoms. The molecule has 3 aliphatic rings. The van der Waals surface area contributed by atoms with Crippen LogP contribution in [-0.2, 0) is 14.3 Å². The van der Waals surface area contributed by atoms with Crippen molar-refractivity contribution in [2.24, 2.45) is 0 Å². The Balaban J connectivity index is 1.58. The van der Waals surface area contributed by atoms with E-state index in [1.54, 1.807) is 16.7 Å². The molecule has 3 saturated heterocycles. The highest BCUT2D eigenvalue weighted by atomic mass is 16.5. The number of carbonyl (C=O) groups excluding carboxylic acids is 3. The maximum Gasteiger partial charge on any atom is 0.327 e. The molecule has 3 rings (SSSR count). The largest absolute Gasteiger partial charge is 0.378 e. The maximum atomic E-state index is 12.3. The number of carbonyl (C=O) groups is 3. The van der Waals surface area contributed by atoms with Crippen molar-refractivity contribution >= 4 is 17.8 Å². The number of likely N-dealkylation sites (N-methyl/N-ethyl adjacent to an activating group) is 1. The first-order valence-electron chi connectivity index (χ1n) is 7.81. The van der Waals surface area contributed by atoms with E-state index in [1.165, 1.54) is 4.90 Å². The molecular weight excluding hydrogens is 288 g/mol. The van der Waals surface area contributed by atoms with Crippen LogP contribution in [0.5, 0.6) is 0 Å². The maximum absolute atomic E-state index is 12.3. The lowest BCUT2D eigenvalue weighted by Crippen LogP contribution is -2.55. The van der Waals surface area contributed by atoms with E-state index >= 15 is 0 Å². The van der Waals surface area contributed by atoms with Gasteiger partial charge in [0.25, 0.3) is 5.91 Å². The van der Waals surface area contributed by atoms with Crippen molar-refractivity contribution in [1.29, 1.82) is 0 Å². The molecule has 1 atom stereocenters. The number of rotatable bonds is 3. The summed E-state index contributed by atoms with van der Waals surface area (Å²) in [7, 11) is 0. The number of hydrogen-bond acceptors (Lipinski definition) is 5. The molecule has 122 valence electrons. The van der Waals surface area contributed by atoms with Gasteiger partial charge in [0.05, 0.1) is 19.8 Å². The molecule has 0 saturated carbocycles. The van der Waals surface area contributed by atoms with Crippen LogP contribution in [0.25, 0.3) is 0 Å². The van der Waals surface area contributed by atoms with Gasteiger partial charge in [-0.05, 0) is 6.92 Å². The third-order valence-electron chi connectivity index (χ3n) is 4.53. The standard InChI is InChI=1S/C14H22N4O4/c1-2-17-13(20)11-9-15(3-4-18(11)14(17)21)10-12(19)16-5-7-22-8-6-16/h11H,2-10H2,1H3/t11-/m0/s1. The van der Waals surface area contributed by atoms with Crippen LogP contribution in [0.2, 0.25) is 0 Å². The molecule has 3 heterocycles. The molecule has 3 aliphatic heterocycles. The molecule has 0 N–H and O–H groups in total. The number of nitrogens with zero attached hydrogens (tertiary/aromatic N) is 4. The number of imide groups is 1. The summed E-state index contributed by atoms with van der Waals surface area (Å²) in [5.41, 5.74) is 0. The molecule has 0 aromatic carbocycles. The topological polar surface area (TPSA) is 73.4 Å². The SMILES string of the molecule is CCN1C(=O)[C@@H]2CN(CC(=O)N3CCOCC3)CCN2C1=O. The molecule has 0 radical (unpaired) electrons. The van der Waals surface area contributed by atoms with Gasteiger partial charge >= 0.3 is 6.03 Å². The lowest BCUT2D eigenvalue weighted by Gasteiger charge is -2.36. The lowest BCUT2D eigenvalue weighted by molar-refractivity contribution is -0.138. The minimum atomic E-state index is -0.432. The fraction of sp³-hybridized carbons (Fsp3) is 0.786. The van der Waals surface area contributed by atoms with E-state index < -0.39 is 6.04 Å². The Hall–Kier alpha value is -1.67. The Morgan fingerprint density at radius 3 is 2.59 bits per heavy atom. The Morgan fingerprint density at radius 2 is 1.91 bits per heavy atom. The van der Waals surface area contributed by atoms with Crippen molar-refractivity contribution < 1.29 is 19.1 Å². The van der Waals surface area contributed by atoms with Gasteiger partial charge in [0, 0.05) is 39.3 Å². The second-order valence-electron chi connectivity index (χ2n) is 5.80. The minimum absolute atomic E-state index is 0.0703. The molecule has 0 unspecified atom stereocenters. The number of piperazine rings is 1. The van der Waals surface area contributed by atoms with Crippen LogP contribution in [0, 0.1) is 0 Å². The number of urea groups is 1. The summed E-state index contributed by atoms with van der Waals surface area (Å²) in [6.07, 6.45) is 0. The van der Waals surface area contributed by atoms with Gasteiger partial charge in [-0.15, -0.1) is 0 Å². The predicted octanol–water partition coefficient (Wildman–Crippen LogP) is -1.19. The fourth-order valence-electron chi connectivity index (χ4n) is 3.25. The smallest absolute Gasteiger partial charge is 0.327 e. The molecule has 0 aromatic heterocycles. The highest BCUT2D eigenvalue weighted by Crippen LogP contribution is 2.21. The number of morpholine rings is 1. The predicted molar refractivity (Wildman–Crippen MR) is 77.1 cm³/mol. The summed E-state index contributed by atoms with van der Waals surface area (Å²) in [6.45, 7) is 6.50. The van der Waals surface area contributed by atoms with Gasteiger partial charge in [0.15, 0.2) is 0 Å². The third-order valence-corrected chi connectivity index (χ3v) is 4.53. The van der Waals surface area contributed by atoms with Crippen LogP contribution in [-0.4, -0.2) is 103 Å². The Labute approximate surface area is 129 Å². The molecule has 0 aliphatic carbocycles. The molecule has 8 nitrogen and oxygen atoms in total. The average molecular weight is 310 g/mol. The molecule has 3 fully saturated rings. The third kappa shape index (κ3) is 2.68. The highest BCUT2D eigenvalue weighted by molar-refractivity contribution is 6.04. The van der Waals surface area contributed by atoms with E-state index in [1.807, 2.05) is 4.90 Å². The molecular formula is C14H22N4O4. The van der Waals surface area contributed by atoms with Crippen LogP contribution in [0.1, 0.15) is 6.92 Å². The molecule has 22 heavy (non-hydrogen) atoms. The van der Waals surface area contributed by atoms with E-state index in [2.05, 4.69) is 0 Å². The van der Waals surface area contributed by atoms with Gasteiger partial charge in [-0.1, -0.05) is 0 Å². The first kappa shape index (κ1) is 15.2. The summed E-state index contributed by atoms with van der Waals surface area (Å²) in [5, 5.41) is 0. The first-order valence-corrected chi connectivity index (χ1v) is 7.81. The molecule has 4 amide bonds. The Kier molecular flexibility index (Phi) is 4.30. The summed E-state index contributed by atoms with van der Waals surface area (Å²) >= 11 is 0. The highest BCUT2D eigenvalue weighted by Gasteiger charge is 2.47. The van der Waals surface area contributed by atoms with E-state index in [0.717, 1.165) is 0 Å². The summed E-state index contributed by atoms with van der Waals surface area (Å²) < 4.78 is 5.24. The number of ether oxygens (including phenoxy) is 1. The van der Waals surface area contributed by atoms with E-state index in [0.29, 0.717) is 59.0 Å². The zero-order valence-corrected chi connectivity index (χ0v) is 12.9. The summed E-state index contributed by atoms with van der Waals surface area (Å²) in [4.78, 5) is 43.3. The van der Waals surface area contributed by atoms with Gasteiger partial charge in [-0.3, -0.25) is 19.4 Å². The van der Waals surface area contributed by atoms with Crippen molar-refractivity contribution in [2.45, 2.75) is 13.0 Å². The van der Waals surface area contributed by atoms with E-state index in [-0.39, 0.29) is 17.8 Å². The first-order chi connectivity index (χ1) is 10.6. The van der Waals surface area contributed by atoms with Crippen LogP contribution in [0.3, 0.4) is 0 Å². The second kappa shape index (κ2) is 6.21. The van der Waals surface area contributed by atoms with Gasteiger partial charge in [0.1, 0.15) is 6.04 Å². The number of amides is 4. The van der Waals surface area contributed by atoms with Crippen molar-refractivity contribution in [1.82, 2.24) is 19.6 Å². The Morgan fingerprint density at radius 1 is 1.18 bits per heavy atom. The monoisotopic (exact) mass is 310 g/mol. The van der Waals surface area contributed by atoms with Crippen molar-refractivity contribution in [3.8, 4) is 0 Å². The van der Waals surface area contributed by atoms with Crippen molar-refractivity contribution in [2.75, 3.05) is 59.0 Å². The molecule has 0 aromatic rings. The van der Waals surface area contributed by atoms with Crippen LogP contribution in [0.15, 0.2) is 0 Å². The average Bonchev–Trinajstić information content (AvgIpc) is 2.79.